The van der Waals surface area contributed by atoms with Crippen molar-refractivity contribution in [3.05, 3.63) is 0 Å². The Morgan fingerprint density at radius 2 is 1.50 bits per heavy atom. The van der Waals surface area contributed by atoms with Crippen molar-refractivity contribution in [3.63, 3.8) is 0 Å². The van der Waals surface area contributed by atoms with E-state index < -0.39 is 21.2 Å². The maximum atomic E-state index is 11.8. The summed E-state index contributed by atoms with van der Waals surface area (Å²) < 4.78 is 31.3. The van der Waals surface area contributed by atoms with Crippen LogP contribution in [-0.4, -0.2) is 37.6 Å². The molecular weight excluding hydrogens is 329 g/mol. The summed E-state index contributed by atoms with van der Waals surface area (Å²) in [5.41, 5.74) is 0. The quantitative estimate of drug-likeness (QED) is 0.260. The molecule has 0 saturated carbocycles. The first-order valence-electron chi connectivity index (χ1n) is 8.07. The van der Waals surface area contributed by atoms with Gasteiger partial charge in [0.25, 0.3) is 10.1 Å². The van der Waals surface area contributed by atoms with Crippen LogP contribution >= 0.6 is 0 Å². The molecule has 0 spiro atoms. The Balaban J connectivity index is -0.00000200. The molecule has 0 fully saturated rings. The number of carbonyl (C=O) groups is 1. The van der Waals surface area contributed by atoms with Crippen LogP contribution < -0.4 is 56.7 Å². The minimum absolute atomic E-state index is 0. The summed E-state index contributed by atoms with van der Waals surface area (Å²) in [6, 6.07) is 0. The van der Waals surface area contributed by atoms with E-state index in [4.69, 9.17) is 4.55 Å². The van der Waals surface area contributed by atoms with E-state index in [0.717, 1.165) is 12.8 Å². The third-order valence-electron chi connectivity index (χ3n) is 3.63. The second kappa shape index (κ2) is 15.7. The molecule has 5 nitrogen and oxygen atoms in total. The van der Waals surface area contributed by atoms with Crippen LogP contribution in [0.1, 0.15) is 72.6 Å². The monoisotopic (exact) mass is 361 g/mol. The maximum Gasteiger partial charge on any atom is 1.00 e. The summed E-state index contributed by atoms with van der Waals surface area (Å²) in [7, 11) is -2.74. The zero-order chi connectivity index (χ0) is 16.1. The van der Waals surface area contributed by atoms with Crippen LogP contribution in [0.2, 0.25) is 0 Å². The second-order valence-corrected chi connectivity index (χ2v) is 7.21. The third kappa shape index (κ3) is 13.6. The van der Waals surface area contributed by atoms with Crippen LogP contribution in [0.25, 0.3) is 0 Å². The molecule has 0 aromatic carbocycles. The molecule has 0 heterocycles. The molecule has 0 saturated heterocycles. The molecule has 0 rings (SSSR count). The fourth-order valence-corrected chi connectivity index (χ4v) is 3.17. The molecule has 0 amide bonds. The van der Waals surface area contributed by atoms with Gasteiger partial charge in [0.05, 0.1) is 0 Å². The zero-order valence-corrected chi connectivity index (χ0v) is 18.4. The molecule has 0 aliphatic carbocycles. The van der Waals surface area contributed by atoms with Gasteiger partial charge in [0.15, 0.2) is 11.0 Å². The number of ketones is 1. The Hall–Kier alpha value is 1.18. The first-order chi connectivity index (χ1) is 9.93. The van der Waals surface area contributed by atoms with Gasteiger partial charge in [-0.1, -0.05) is 58.3 Å². The van der Waals surface area contributed by atoms with Crippen LogP contribution in [0.4, 0.5) is 0 Å². The van der Waals surface area contributed by atoms with Gasteiger partial charge in [-0.3, -0.25) is 9.35 Å². The number of hydrogen-bond donors (Lipinski definition) is 2. The number of hydrogen-bond acceptors (Lipinski definition) is 4. The standard InChI is InChI=1S/C15H31NO4S.K.H/c1-3-4-5-6-7-8-9-10-11-12-14(17)15(13-16-2)21(18,19)20;;/h15-16H,3-13H2,1-2H3,(H,18,19,20);;/q;+1;-1. The van der Waals surface area contributed by atoms with E-state index in [-0.39, 0.29) is 65.8 Å². The predicted octanol–water partition coefficient (Wildman–Crippen LogP) is 0.0687. The van der Waals surface area contributed by atoms with Crippen LogP contribution in [0.3, 0.4) is 0 Å². The Kier molecular flexibility index (Phi) is 18.1. The number of unbranched alkanes of at least 4 members (excludes halogenated alkanes) is 8. The summed E-state index contributed by atoms with van der Waals surface area (Å²) in [6.07, 6.45) is 10.5. The molecule has 2 N–H and O–H groups in total. The summed E-state index contributed by atoms with van der Waals surface area (Å²) >= 11 is 0. The van der Waals surface area contributed by atoms with Crippen LogP contribution in [0.15, 0.2) is 0 Å². The molecule has 0 aromatic heterocycles. The normalized spacial score (nSPS) is 12.7. The molecule has 1 unspecified atom stereocenters. The van der Waals surface area contributed by atoms with Crippen molar-refractivity contribution in [2.24, 2.45) is 0 Å². The van der Waals surface area contributed by atoms with Gasteiger partial charge < -0.3 is 6.74 Å². The summed E-state index contributed by atoms with van der Waals surface area (Å²) in [4.78, 5) is 11.8. The van der Waals surface area contributed by atoms with Gasteiger partial charge >= 0.3 is 51.4 Å². The first-order valence-corrected chi connectivity index (χ1v) is 9.57. The number of Topliss-reactive ketones (excluding diaryl/α,β-unsaturated/α-hetero) is 1. The molecule has 0 bridgehead atoms. The van der Waals surface area contributed by atoms with Crippen molar-refractivity contribution in [1.82, 2.24) is 5.32 Å². The molecule has 128 valence electrons. The van der Waals surface area contributed by atoms with E-state index in [0.29, 0.717) is 6.42 Å². The van der Waals surface area contributed by atoms with Gasteiger partial charge in [0.2, 0.25) is 0 Å². The Morgan fingerprint density at radius 1 is 1.05 bits per heavy atom. The van der Waals surface area contributed by atoms with Gasteiger partial charge in [-0.2, -0.15) is 8.42 Å². The van der Waals surface area contributed by atoms with E-state index >= 15 is 0 Å². The van der Waals surface area contributed by atoms with Gasteiger partial charge in [-0.05, 0) is 13.5 Å². The topological polar surface area (TPSA) is 83.5 Å². The average molecular weight is 362 g/mol. The van der Waals surface area contributed by atoms with Gasteiger partial charge in [-0.15, -0.1) is 0 Å². The van der Waals surface area contributed by atoms with Crippen molar-refractivity contribution in [1.29, 1.82) is 0 Å². The van der Waals surface area contributed by atoms with E-state index in [1.807, 2.05) is 0 Å². The molecule has 0 aromatic rings. The van der Waals surface area contributed by atoms with Crippen molar-refractivity contribution >= 4 is 15.9 Å². The van der Waals surface area contributed by atoms with Crippen molar-refractivity contribution in [3.8, 4) is 0 Å². The second-order valence-electron chi connectivity index (χ2n) is 5.61. The summed E-state index contributed by atoms with van der Waals surface area (Å²) in [6.45, 7) is 2.17. The number of carbonyl (C=O) groups excluding carboxylic acids is 1. The molecule has 0 aliphatic heterocycles. The summed E-state index contributed by atoms with van der Waals surface area (Å²) in [5, 5.41) is 1.31. The van der Waals surface area contributed by atoms with Crippen molar-refractivity contribution in [2.45, 2.75) is 76.4 Å². The van der Waals surface area contributed by atoms with E-state index in [9.17, 15) is 13.2 Å². The smallest absolute Gasteiger partial charge is 1.00 e. The minimum atomic E-state index is -4.30. The molecule has 1 atom stereocenters. The Morgan fingerprint density at radius 3 is 1.91 bits per heavy atom. The van der Waals surface area contributed by atoms with E-state index in [1.165, 1.54) is 38.5 Å². The zero-order valence-electron chi connectivity index (χ0n) is 15.4. The number of rotatable bonds is 14. The fourth-order valence-electron chi connectivity index (χ4n) is 2.34. The third-order valence-corrected chi connectivity index (χ3v) is 4.78. The average Bonchev–Trinajstić information content (AvgIpc) is 2.41. The Bertz CT molecular complexity index is 380. The first kappa shape index (κ1) is 25.4. The number of nitrogens with one attached hydrogen (secondary N) is 1. The molecule has 0 aliphatic rings. The van der Waals surface area contributed by atoms with Gasteiger partial charge in [-0.25, -0.2) is 0 Å². The van der Waals surface area contributed by atoms with E-state index in [1.54, 1.807) is 7.05 Å². The molecule has 0 radical (unpaired) electrons. The molecule has 7 heteroatoms. The Labute approximate surface area is 180 Å². The van der Waals surface area contributed by atoms with E-state index in [2.05, 4.69) is 12.2 Å². The largest absolute Gasteiger partial charge is 1.00 e. The molecular formula is C15H32KNO4S. The molecule has 22 heavy (non-hydrogen) atoms. The van der Waals surface area contributed by atoms with Crippen molar-refractivity contribution < 1.29 is 70.6 Å². The predicted molar refractivity (Wildman–Crippen MR) is 87.2 cm³/mol. The SMILES string of the molecule is CCCCCCCCCCCC(=O)C(CNC)S(=O)(=O)O.[H-].[K+]. The minimum Gasteiger partial charge on any atom is -1.00 e. The summed E-state index contributed by atoms with van der Waals surface area (Å²) in [5.74, 6) is -0.394. The van der Waals surface area contributed by atoms with Crippen molar-refractivity contribution in [2.75, 3.05) is 13.6 Å². The van der Waals surface area contributed by atoms with Gasteiger partial charge in [0.1, 0.15) is 0 Å². The fraction of sp³-hybridized carbons (Fsp3) is 0.933. The van der Waals surface area contributed by atoms with Crippen LogP contribution in [0.5, 0.6) is 0 Å². The van der Waals surface area contributed by atoms with Crippen LogP contribution in [0, 0.1) is 0 Å². The maximum absolute atomic E-state index is 11.8. The van der Waals surface area contributed by atoms with Gasteiger partial charge in [0, 0.05) is 13.0 Å². The van der Waals surface area contributed by atoms with Crippen LogP contribution in [-0.2, 0) is 14.9 Å².